The molecule has 1 N–H and O–H groups in total. The molecule has 1 atom stereocenters. The molecular formula is C22H22N2O2S. The molecule has 0 unspecified atom stereocenters. The van der Waals surface area contributed by atoms with Gasteiger partial charge in [-0.25, -0.2) is 13.1 Å². The number of fused-ring (bicyclic) bond motifs is 1. The predicted molar refractivity (Wildman–Crippen MR) is 108 cm³/mol. The number of sulfonamides is 1. The minimum atomic E-state index is -3.55. The summed E-state index contributed by atoms with van der Waals surface area (Å²) in [7, 11) is -3.55. The van der Waals surface area contributed by atoms with Gasteiger partial charge in [0.2, 0.25) is 10.0 Å². The van der Waals surface area contributed by atoms with Gasteiger partial charge in [-0.2, -0.15) is 0 Å². The number of nitrogens with zero attached hydrogens (tertiary/aromatic N) is 1. The van der Waals surface area contributed by atoms with E-state index in [1.807, 2.05) is 30.3 Å². The van der Waals surface area contributed by atoms with Gasteiger partial charge in [0.25, 0.3) is 0 Å². The highest BCUT2D eigenvalue weighted by atomic mass is 32.2. The molecule has 0 saturated heterocycles. The maximum atomic E-state index is 12.7. The maximum absolute atomic E-state index is 12.7. The quantitative estimate of drug-likeness (QED) is 0.710. The summed E-state index contributed by atoms with van der Waals surface area (Å²) in [6.07, 6.45) is 0.977. The second kappa shape index (κ2) is 7.55. The van der Waals surface area contributed by atoms with Crippen molar-refractivity contribution in [2.24, 2.45) is 0 Å². The molecule has 0 radical (unpaired) electrons. The summed E-state index contributed by atoms with van der Waals surface area (Å²) >= 11 is 0. The molecule has 0 fully saturated rings. The van der Waals surface area contributed by atoms with Crippen LogP contribution >= 0.6 is 0 Å². The fraction of sp³-hybridized carbons (Fsp3) is 0.182. The van der Waals surface area contributed by atoms with E-state index >= 15 is 0 Å². The summed E-state index contributed by atoms with van der Waals surface area (Å²) in [5.74, 6) is 0. The molecule has 1 aliphatic rings. The standard InChI is InChI=1S/C22H22N2O2S/c25-27(26,20-12-5-2-6-13-20)23-17-22(18-9-3-1-4-10-18)24-16-15-19-11-7-8-14-21(19)24/h1-14,22-23H,15-17H2/t22-/m0/s1. The van der Waals surface area contributed by atoms with Crippen LogP contribution in [0.25, 0.3) is 0 Å². The zero-order chi connectivity index (χ0) is 18.7. The van der Waals surface area contributed by atoms with E-state index in [4.69, 9.17) is 0 Å². The first-order valence-electron chi connectivity index (χ1n) is 9.09. The first-order valence-corrected chi connectivity index (χ1v) is 10.6. The van der Waals surface area contributed by atoms with Gasteiger partial charge in [-0.15, -0.1) is 0 Å². The van der Waals surface area contributed by atoms with Crippen LogP contribution in [0.1, 0.15) is 17.2 Å². The van der Waals surface area contributed by atoms with Crippen molar-refractivity contribution in [3.05, 3.63) is 96.1 Å². The summed E-state index contributed by atoms with van der Waals surface area (Å²) < 4.78 is 28.2. The summed E-state index contributed by atoms with van der Waals surface area (Å²) in [4.78, 5) is 2.59. The first kappa shape index (κ1) is 17.8. The minimum Gasteiger partial charge on any atom is -0.363 e. The van der Waals surface area contributed by atoms with Crippen LogP contribution in [0.2, 0.25) is 0 Å². The summed E-state index contributed by atoms with van der Waals surface area (Å²) in [6.45, 7) is 1.20. The highest BCUT2D eigenvalue weighted by Crippen LogP contribution is 2.34. The van der Waals surface area contributed by atoms with Crippen LogP contribution in [0.4, 0.5) is 5.69 Å². The SMILES string of the molecule is O=S(=O)(NC[C@@H](c1ccccc1)N1CCc2ccccc21)c1ccccc1. The Labute approximate surface area is 160 Å². The second-order valence-electron chi connectivity index (χ2n) is 6.66. The van der Waals surface area contributed by atoms with Crippen molar-refractivity contribution in [3.8, 4) is 0 Å². The summed E-state index contributed by atoms with van der Waals surface area (Å²) in [5, 5.41) is 0. The summed E-state index contributed by atoms with van der Waals surface area (Å²) in [5.41, 5.74) is 3.60. The van der Waals surface area contributed by atoms with E-state index in [1.54, 1.807) is 24.3 Å². The van der Waals surface area contributed by atoms with Crippen LogP contribution in [-0.4, -0.2) is 21.5 Å². The van der Waals surface area contributed by atoms with Gasteiger partial charge in [0.1, 0.15) is 0 Å². The number of para-hydroxylation sites is 1. The van der Waals surface area contributed by atoms with Gasteiger partial charge in [0, 0.05) is 18.8 Å². The maximum Gasteiger partial charge on any atom is 0.240 e. The lowest BCUT2D eigenvalue weighted by Crippen LogP contribution is -2.37. The van der Waals surface area contributed by atoms with E-state index in [9.17, 15) is 8.42 Å². The largest absolute Gasteiger partial charge is 0.363 e. The Morgan fingerprint density at radius 2 is 1.48 bits per heavy atom. The number of nitrogens with one attached hydrogen (secondary N) is 1. The van der Waals surface area contributed by atoms with E-state index in [0.717, 1.165) is 18.5 Å². The Morgan fingerprint density at radius 1 is 0.852 bits per heavy atom. The molecule has 138 valence electrons. The lowest BCUT2D eigenvalue weighted by Gasteiger charge is -2.31. The number of rotatable bonds is 6. The monoisotopic (exact) mass is 378 g/mol. The first-order chi connectivity index (χ1) is 13.1. The van der Waals surface area contributed by atoms with Gasteiger partial charge in [-0.1, -0.05) is 66.7 Å². The average molecular weight is 378 g/mol. The number of anilines is 1. The highest BCUT2D eigenvalue weighted by molar-refractivity contribution is 7.89. The van der Waals surface area contributed by atoms with Crippen LogP contribution in [-0.2, 0) is 16.4 Å². The molecule has 0 aromatic heterocycles. The van der Waals surface area contributed by atoms with Crippen molar-refractivity contribution in [2.75, 3.05) is 18.0 Å². The Morgan fingerprint density at radius 3 is 2.22 bits per heavy atom. The fourth-order valence-electron chi connectivity index (χ4n) is 3.64. The normalized spacial score (nSPS) is 14.7. The van der Waals surface area contributed by atoms with E-state index in [2.05, 4.69) is 40.0 Å². The third-order valence-electron chi connectivity index (χ3n) is 5.00. The lowest BCUT2D eigenvalue weighted by molar-refractivity contribution is 0.563. The van der Waals surface area contributed by atoms with E-state index in [1.165, 1.54) is 11.3 Å². The van der Waals surface area contributed by atoms with E-state index in [-0.39, 0.29) is 6.04 Å². The molecule has 0 saturated carbocycles. The molecule has 3 aromatic rings. The van der Waals surface area contributed by atoms with Gasteiger partial charge in [-0.05, 0) is 35.7 Å². The van der Waals surface area contributed by atoms with Crippen LogP contribution in [0.5, 0.6) is 0 Å². The molecule has 0 bridgehead atoms. The Kier molecular flexibility index (Phi) is 4.97. The van der Waals surface area contributed by atoms with Crippen molar-refractivity contribution < 1.29 is 8.42 Å². The number of benzene rings is 3. The van der Waals surface area contributed by atoms with Crippen LogP contribution in [0.15, 0.2) is 89.8 Å². The molecule has 0 amide bonds. The van der Waals surface area contributed by atoms with Crippen molar-refractivity contribution >= 4 is 15.7 Å². The topological polar surface area (TPSA) is 49.4 Å². The van der Waals surface area contributed by atoms with Gasteiger partial charge in [-0.3, -0.25) is 0 Å². The summed E-state index contributed by atoms with van der Waals surface area (Å²) in [6, 6.07) is 26.9. The lowest BCUT2D eigenvalue weighted by atomic mass is 10.1. The molecule has 5 heteroatoms. The second-order valence-corrected chi connectivity index (χ2v) is 8.43. The van der Waals surface area contributed by atoms with Crippen LogP contribution in [0, 0.1) is 0 Å². The van der Waals surface area contributed by atoms with Gasteiger partial charge in [0.15, 0.2) is 0 Å². The smallest absolute Gasteiger partial charge is 0.240 e. The van der Waals surface area contributed by atoms with Crippen molar-refractivity contribution in [2.45, 2.75) is 17.4 Å². The molecule has 1 heterocycles. The third kappa shape index (κ3) is 3.75. The fourth-order valence-corrected chi connectivity index (χ4v) is 4.70. The Hall–Kier alpha value is -2.63. The molecule has 3 aromatic carbocycles. The van der Waals surface area contributed by atoms with Gasteiger partial charge >= 0.3 is 0 Å². The minimum absolute atomic E-state index is 0.0617. The van der Waals surface area contributed by atoms with E-state index < -0.39 is 10.0 Å². The number of hydrogen-bond acceptors (Lipinski definition) is 3. The molecule has 27 heavy (non-hydrogen) atoms. The zero-order valence-corrected chi connectivity index (χ0v) is 15.8. The molecule has 1 aliphatic heterocycles. The predicted octanol–water partition coefficient (Wildman–Crippen LogP) is 3.77. The van der Waals surface area contributed by atoms with Crippen molar-refractivity contribution in [1.29, 1.82) is 0 Å². The van der Waals surface area contributed by atoms with Crippen LogP contribution < -0.4 is 9.62 Å². The molecule has 4 rings (SSSR count). The molecule has 0 aliphatic carbocycles. The van der Waals surface area contributed by atoms with Crippen molar-refractivity contribution in [3.63, 3.8) is 0 Å². The number of hydrogen-bond donors (Lipinski definition) is 1. The van der Waals surface area contributed by atoms with Gasteiger partial charge in [0.05, 0.1) is 10.9 Å². The van der Waals surface area contributed by atoms with Crippen LogP contribution in [0.3, 0.4) is 0 Å². The average Bonchev–Trinajstić information content (AvgIpc) is 3.14. The van der Waals surface area contributed by atoms with E-state index in [0.29, 0.717) is 11.4 Å². The van der Waals surface area contributed by atoms with Crippen molar-refractivity contribution in [1.82, 2.24) is 4.72 Å². The Balaban J connectivity index is 1.63. The zero-order valence-electron chi connectivity index (χ0n) is 15.0. The molecular weight excluding hydrogens is 356 g/mol. The Bertz CT molecular complexity index is 1000. The molecule has 0 spiro atoms. The van der Waals surface area contributed by atoms with Gasteiger partial charge < -0.3 is 4.90 Å². The molecule has 4 nitrogen and oxygen atoms in total. The highest BCUT2D eigenvalue weighted by Gasteiger charge is 2.28. The third-order valence-corrected chi connectivity index (χ3v) is 6.44.